The van der Waals surface area contributed by atoms with Crippen molar-refractivity contribution in [3.8, 4) is 5.88 Å². The van der Waals surface area contributed by atoms with Gasteiger partial charge in [-0.25, -0.2) is 4.79 Å². The summed E-state index contributed by atoms with van der Waals surface area (Å²) < 4.78 is 5.79. The molecule has 2 atom stereocenters. The van der Waals surface area contributed by atoms with Gasteiger partial charge >= 0.3 is 6.03 Å². The Hall–Kier alpha value is -2.71. The second kappa shape index (κ2) is 6.81. The molecule has 0 aliphatic carbocycles. The molecule has 0 saturated carbocycles. The van der Waals surface area contributed by atoms with Crippen molar-refractivity contribution in [2.45, 2.75) is 38.3 Å². The van der Waals surface area contributed by atoms with Gasteiger partial charge in [0, 0.05) is 12.6 Å². The highest BCUT2D eigenvalue weighted by atomic mass is 16.5. The Morgan fingerprint density at radius 2 is 2.17 bits per heavy atom. The Kier molecular flexibility index (Phi) is 4.59. The van der Waals surface area contributed by atoms with E-state index < -0.39 is 18.0 Å². The number of rotatable bonds is 3. The van der Waals surface area contributed by atoms with Crippen LogP contribution in [0.5, 0.6) is 5.88 Å². The van der Waals surface area contributed by atoms with Crippen molar-refractivity contribution in [1.82, 2.24) is 25.7 Å². The van der Waals surface area contributed by atoms with E-state index >= 15 is 0 Å². The molecule has 24 heavy (non-hydrogen) atoms. The van der Waals surface area contributed by atoms with Crippen LogP contribution in [0.4, 0.5) is 4.79 Å². The van der Waals surface area contributed by atoms with Gasteiger partial charge in [0.25, 0.3) is 0 Å². The minimum atomic E-state index is -0.816. The van der Waals surface area contributed by atoms with Crippen LogP contribution in [0.25, 0.3) is 0 Å². The maximum absolute atomic E-state index is 12.5. The molecule has 0 bridgehead atoms. The van der Waals surface area contributed by atoms with Gasteiger partial charge in [-0.3, -0.25) is 14.9 Å². The smallest absolute Gasteiger partial charge is 0.322 e. The van der Waals surface area contributed by atoms with Gasteiger partial charge in [-0.2, -0.15) is 5.10 Å². The first-order valence-electron chi connectivity index (χ1n) is 7.87. The number of nitrogens with one attached hydrogen (secondary N) is 2. The molecule has 2 N–H and O–H groups in total. The molecular formula is C15H19N5O4. The maximum atomic E-state index is 12.5. The predicted molar refractivity (Wildman–Crippen MR) is 82.1 cm³/mol. The molecule has 2 aliphatic heterocycles. The summed E-state index contributed by atoms with van der Waals surface area (Å²) in [6.07, 6.45) is 1.35. The fraction of sp³-hybridized carbons (Fsp3) is 0.533. The van der Waals surface area contributed by atoms with E-state index in [2.05, 4.69) is 20.8 Å². The lowest BCUT2D eigenvalue weighted by atomic mass is 10.0. The number of urea groups is 1. The fourth-order valence-corrected chi connectivity index (χ4v) is 2.83. The van der Waals surface area contributed by atoms with Crippen molar-refractivity contribution in [2.24, 2.45) is 0 Å². The average Bonchev–Trinajstić information content (AvgIpc) is 2.56. The number of nitrogens with zero attached hydrogens (tertiary/aromatic N) is 3. The summed E-state index contributed by atoms with van der Waals surface area (Å²) in [6.45, 7) is 2.81. The van der Waals surface area contributed by atoms with Crippen molar-refractivity contribution < 1.29 is 19.1 Å². The summed E-state index contributed by atoms with van der Waals surface area (Å²) in [4.78, 5) is 36.9. The number of ether oxygens (including phenoxy) is 1. The number of likely N-dealkylation sites (tertiary alicyclic amines) is 1. The summed E-state index contributed by atoms with van der Waals surface area (Å²) in [5.74, 6) is -0.288. The molecule has 128 valence electrons. The van der Waals surface area contributed by atoms with Gasteiger partial charge < -0.3 is 15.0 Å². The molecule has 2 aliphatic rings. The van der Waals surface area contributed by atoms with Crippen LogP contribution < -0.4 is 15.4 Å². The molecule has 2 saturated heterocycles. The molecule has 9 heteroatoms. The second-order valence-electron chi connectivity index (χ2n) is 5.96. The van der Waals surface area contributed by atoms with Crippen molar-refractivity contribution >= 4 is 17.8 Å². The minimum Gasteiger partial charge on any atom is -0.471 e. The van der Waals surface area contributed by atoms with Crippen LogP contribution in [-0.4, -0.2) is 58.2 Å². The van der Waals surface area contributed by atoms with Crippen LogP contribution >= 0.6 is 0 Å². The van der Waals surface area contributed by atoms with Crippen LogP contribution in [-0.2, 0) is 9.59 Å². The number of carbonyl (C=O) groups is 3. The summed E-state index contributed by atoms with van der Waals surface area (Å²) in [6, 6.07) is 2.10. The molecule has 1 aromatic heterocycles. The third-order valence-corrected chi connectivity index (χ3v) is 4.00. The fourth-order valence-electron chi connectivity index (χ4n) is 2.83. The van der Waals surface area contributed by atoms with Crippen LogP contribution in [0, 0.1) is 6.92 Å². The molecule has 4 amide bonds. The third-order valence-electron chi connectivity index (χ3n) is 4.00. The molecule has 0 radical (unpaired) electrons. The van der Waals surface area contributed by atoms with Crippen molar-refractivity contribution in [3.05, 3.63) is 17.8 Å². The molecule has 2 unspecified atom stereocenters. The normalized spacial score (nSPS) is 24.1. The lowest BCUT2D eigenvalue weighted by Crippen LogP contribution is -2.59. The topological polar surface area (TPSA) is 114 Å². The molecule has 3 rings (SSSR count). The predicted octanol–water partition coefficient (Wildman–Crippen LogP) is -0.247. The Morgan fingerprint density at radius 1 is 1.33 bits per heavy atom. The first kappa shape index (κ1) is 16.2. The highest BCUT2D eigenvalue weighted by Gasteiger charge is 2.34. The molecule has 0 aromatic carbocycles. The molecule has 1 aromatic rings. The summed E-state index contributed by atoms with van der Waals surface area (Å²) >= 11 is 0. The number of imide groups is 1. The van der Waals surface area contributed by atoms with E-state index in [1.807, 2.05) is 13.0 Å². The van der Waals surface area contributed by atoms with Crippen LogP contribution in [0.2, 0.25) is 0 Å². The zero-order chi connectivity index (χ0) is 17.1. The molecule has 9 nitrogen and oxygen atoms in total. The Bertz CT molecular complexity index is 632. The van der Waals surface area contributed by atoms with Crippen LogP contribution in [0.15, 0.2) is 12.1 Å². The van der Waals surface area contributed by atoms with Crippen LogP contribution in [0.1, 0.15) is 25.0 Å². The van der Waals surface area contributed by atoms with Crippen molar-refractivity contribution in [1.29, 1.82) is 0 Å². The van der Waals surface area contributed by atoms with Crippen molar-refractivity contribution in [2.75, 3.05) is 13.1 Å². The largest absolute Gasteiger partial charge is 0.471 e. The van der Waals surface area contributed by atoms with Gasteiger partial charge in [0.05, 0.1) is 18.7 Å². The summed E-state index contributed by atoms with van der Waals surface area (Å²) in [5.41, 5.74) is 0.800. The number of piperidine rings is 1. The third kappa shape index (κ3) is 3.79. The first-order chi connectivity index (χ1) is 11.5. The van der Waals surface area contributed by atoms with E-state index in [0.717, 1.165) is 18.5 Å². The molecule has 0 spiro atoms. The number of carbonyl (C=O) groups excluding carboxylic acids is 3. The van der Waals surface area contributed by atoms with E-state index in [0.29, 0.717) is 19.0 Å². The maximum Gasteiger partial charge on any atom is 0.322 e. The Labute approximate surface area is 138 Å². The van der Waals surface area contributed by atoms with E-state index in [1.165, 1.54) is 0 Å². The number of hydrogen-bond acceptors (Lipinski definition) is 6. The van der Waals surface area contributed by atoms with E-state index in [1.54, 1.807) is 11.0 Å². The highest BCUT2D eigenvalue weighted by Crippen LogP contribution is 2.18. The summed E-state index contributed by atoms with van der Waals surface area (Å²) in [7, 11) is 0. The zero-order valence-corrected chi connectivity index (χ0v) is 13.3. The van der Waals surface area contributed by atoms with Gasteiger partial charge in [-0.15, -0.1) is 5.10 Å². The Morgan fingerprint density at radius 3 is 2.88 bits per heavy atom. The van der Waals surface area contributed by atoms with Gasteiger partial charge in [0.2, 0.25) is 17.7 Å². The van der Waals surface area contributed by atoms with E-state index in [9.17, 15) is 14.4 Å². The van der Waals surface area contributed by atoms with Gasteiger partial charge in [0.15, 0.2) is 0 Å². The zero-order valence-electron chi connectivity index (χ0n) is 13.3. The first-order valence-corrected chi connectivity index (χ1v) is 7.87. The highest BCUT2D eigenvalue weighted by molar-refractivity contribution is 6.02. The van der Waals surface area contributed by atoms with Gasteiger partial charge in [-0.1, -0.05) is 0 Å². The lowest BCUT2D eigenvalue weighted by molar-refractivity contribution is -0.138. The van der Waals surface area contributed by atoms with Crippen molar-refractivity contribution in [3.63, 3.8) is 0 Å². The lowest BCUT2D eigenvalue weighted by Gasteiger charge is -2.35. The molecular weight excluding hydrogens is 314 g/mol. The molecule has 2 fully saturated rings. The SMILES string of the molecule is Cc1ccc(OC2CCCN(C(=O)C3CC(=O)NC(=O)N3)C2)nn1. The summed E-state index contributed by atoms with van der Waals surface area (Å²) in [5, 5.41) is 12.5. The quantitative estimate of drug-likeness (QED) is 0.789. The minimum absolute atomic E-state index is 0.0456. The van der Waals surface area contributed by atoms with Crippen LogP contribution in [0.3, 0.4) is 0 Å². The van der Waals surface area contributed by atoms with E-state index in [-0.39, 0.29) is 18.4 Å². The average molecular weight is 333 g/mol. The molecule has 3 heterocycles. The number of aryl methyl sites for hydroxylation is 1. The number of aromatic nitrogens is 2. The van der Waals surface area contributed by atoms with Gasteiger partial charge in [-0.05, 0) is 25.8 Å². The monoisotopic (exact) mass is 333 g/mol. The number of amides is 4. The standard InChI is InChI=1S/C15H19N5O4/c1-9-4-5-13(19-18-9)24-10-3-2-6-20(8-10)14(22)11-7-12(21)17-15(23)16-11/h4-5,10-11H,2-3,6-8H2,1H3,(H2,16,17,21,23). The van der Waals surface area contributed by atoms with Gasteiger partial charge in [0.1, 0.15) is 12.1 Å². The Balaban J connectivity index is 1.60. The van der Waals surface area contributed by atoms with E-state index in [4.69, 9.17) is 4.74 Å². The second-order valence-corrected chi connectivity index (χ2v) is 5.96. The number of hydrogen-bond donors (Lipinski definition) is 2.